The van der Waals surface area contributed by atoms with E-state index in [0.717, 1.165) is 57.8 Å². The number of piperidine rings is 1. The SMILES string of the molecule is Cc1cc(N2CCC(OC3CCOCC3)CC2)ncc1[N+](=O)[O-]. The summed E-state index contributed by atoms with van der Waals surface area (Å²) in [5.41, 5.74) is 0.729. The first kappa shape index (κ1) is 16.1. The van der Waals surface area contributed by atoms with E-state index in [1.165, 1.54) is 6.20 Å². The van der Waals surface area contributed by atoms with Crippen molar-refractivity contribution in [1.29, 1.82) is 0 Å². The Morgan fingerprint density at radius 3 is 2.52 bits per heavy atom. The van der Waals surface area contributed by atoms with Crippen LogP contribution in [-0.2, 0) is 9.47 Å². The van der Waals surface area contributed by atoms with Crippen LogP contribution in [0.1, 0.15) is 31.2 Å². The van der Waals surface area contributed by atoms with Crippen molar-refractivity contribution in [2.45, 2.75) is 44.8 Å². The van der Waals surface area contributed by atoms with Gasteiger partial charge >= 0.3 is 0 Å². The van der Waals surface area contributed by atoms with Gasteiger partial charge in [-0.3, -0.25) is 10.1 Å². The van der Waals surface area contributed by atoms with Crippen LogP contribution < -0.4 is 4.90 Å². The van der Waals surface area contributed by atoms with Crippen LogP contribution in [0, 0.1) is 17.0 Å². The van der Waals surface area contributed by atoms with Gasteiger partial charge in [-0.25, -0.2) is 4.98 Å². The van der Waals surface area contributed by atoms with E-state index in [1.807, 2.05) is 0 Å². The molecule has 126 valence electrons. The second kappa shape index (κ2) is 7.23. The molecule has 0 aromatic carbocycles. The number of hydrogen-bond acceptors (Lipinski definition) is 6. The van der Waals surface area contributed by atoms with E-state index in [2.05, 4.69) is 9.88 Å². The molecular formula is C16H23N3O4. The van der Waals surface area contributed by atoms with Crippen molar-refractivity contribution >= 4 is 11.5 Å². The van der Waals surface area contributed by atoms with Crippen LogP contribution in [0.5, 0.6) is 0 Å². The predicted octanol–water partition coefficient (Wildman–Crippen LogP) is 2.46. The Kier molecular flexibility index (Phi) is 5.07. The molecule has 3 heterocycles. The first-order valence-electron chi connectivity index (χ1n) is 8.22. The molecular weight excluding hydrogens is 298 g/mol. The van der Waals surface area contributed by atoms with Crippen LogP contribution in [0.3, 0.4) is 0 Å². The Morgan fingerprint density at radius 2 is 1.91 bits per heavy atom. The molecule has 0 atom stereocenters. The molecule has 0 saturated carbocycles. The molecule has 23 heavy (non-hydrogen) atoms. The topological polar surface area (TPSA) is 77.7 Å². The largest absolute Gasteiger partial charge is 0.381 e. The number of hydrogen-bond donors (Lipinski definition) is 0. The lowest BCUT2D eigenvalue weighted by Gasteiger charge is -2.35. The highest BCUT2D eigenvalue weighted by atomic mass is 16.6. The Bertz CT molecular complexity index is 552. The maximum Gasteiger partial charge on any atom is 0.290 e. The summed E-state index contributed by atoms with van der Waals surface area (Å²) in [6, 6.07) is 1.80. The zero-order chi connectivity index (χ0) is 16.2. The number of anilines is 1. The highest BCUT2D eigenvalue weighted by Crippen LogP contribution is 2.25. The monoisotopic (exact) mass is 321 g/mol. The van der Waals surface area contributed by atoms with Gasteiger partial charge in [-0.05, 0) is 38.7 Å². The van der Waals surface area contributed by atoms with Crippen molar-refractivity contribution in [1.82, 2.24) is 4.98 Å². The molecule has 0 radical (unpaired) electrons. The third-order valence-corrected chi connectivity index (χ3v) is 4.58. The number of rotatable bonds is 4. The summed E-state index contributed by atoms with van der Waals surface area (Å²) in [7, 11) is 0. The number of ether oxygens (including phenoxy) is 2. The van der Waals surface area contributed by atoms with Gasteiger partial charge in [0.05, 0.1) is 17.1 Å². The van der Waals surface area contributed by atoms with Crippen LogP contribution in [0.25, 0.3) is 0 Å². The molecule has 0 amide bonds. The summed E-state index contributed by atoms with van der Waals surface area (Å²) in [5, 5.41) is 10.9. The van der Waals surface area contributed by atoms with Crippen LogP contribution in [0.2, 0.25) is 0 Å². The Morgan fingerprint density at radius 1 is 1.26 bits per heavy atom. The molecule has 3 rings (SSSR count). The van der Waals surface area contributed by atoms with Gasteiger partial charge in [-0.1, -0.05) is 0 Å². The Hall–Kier alpha value is -1.73. The number of nitro groups is 1. The van der Waals surface area contributed by atoms with Crippen LogP contribution in [-0.4, -0.2) is 48.4 Å². The summed E-state index contributed by atoms with van der Waals surface area (Å²) in [6.07, 6.45) is 5.90. The highest BCUT2D eigenvalue weighted by molar-refractivity contribution is 5.48. The quantitative estimate of drug-likeness (QED) is 0.626. The van der Waals surface area contributed by atoms with E-state index in [-0.39, 0.29) is 10.6 Å². The standard InChI is InChI=1S/C16H23N3O4/c1-12-10-16(17-11-15(12)19(20)21)18-6-2-13(3-7-18)23-14-4-8-22-9-5-14/h10-11,13-14H,2-9H2,1H3. The van der Waals surface area contributed by atoms with Crippen LogP contribution in [0.4, 0.5) is 11.5 Å². The van der Waals surface area contributed by atoms with Gasteiger partial charge in [0.15, 0.2) is 0 Å². The summed E-state index contributed by atoms with van der Waals surface area (Å²) in [6.45, 7) is 5.10. The second-order valence-corrected chi connectivity index (χ2v) is 6.22. The summed E-state index contributed by atoms with van der Waals surface area (Å²) >= 11 is 0. The predicted molar refractivity (Wildman–Crippen MR) is 85.8 cm³/mol. The fraction of sp³-hybridized carbons (Fsp3) is 0.688. The molecule has 0 spiro atoms. The van der Waals surface area contributed by atoms with Gasteiger partial charge in [0.2, 0.25) is 0 Å². The van der Waals surface area contributed by atoms with Gasteiger partial charge in [0, 0.05) is 31.9 Å². The molecule has 7 heteroatoms. The Labute approximate surface area is 135 Å². The number of aromatic nitrogens is 1. The van der Waals surface area contributed by atoms with E-state index in [1.54, 1.807) is 13.0 Å². The minimum atomic E-state index is -0.389. The van der Waals surface area contributed by atoms with Crippen molar-refractivity contribution in [2.75, 3.05) is 31.2 Å². The van der Waals surface area contributed by atoms with E-state index < -0.39 is 0 Å². The molecule has 2 aliphatic rings. The van der Waals surface area contributed by atoms with E-state index in [9.17, 15) is 10.1 Å². The van der Waals surface area contributed by atoms with Crippen molar-refractivity contribution in [3.63, 3.8) is 0 Å². The fourth-order valence-corrected chi connectivity index (χ4v) is 3.20. The summed E-state index contributed by atoms with van der Waals surface area (Å²) < 4.78 is 11.5. The van der Waals surface area contributed by atoms with Crippen molar-refractivity contribution < 1.29 is 14.4 Å². The lowest BCUT2D eigenvalue weighted by Crippen LogP contribution is -2.39. The van der Waals surface area contributed by atoms with Crippen molar-refractivity contribution in [2.24, 2.45) is 0 Å². The van der Waals surface area contributed by atoms with Gasteiger partial charge in [0.25, 0.3) is 5.69 Å². The fourth-order valence-electron chi connectivity index (χ4n) is 3.20. The minimum Gasteiger partial charge on any atom is -0.381 e. The third kappa shape index (κ3) is 3.97. The van der Waals surface area contributed by atoms with E-state index in [4.69, 9.17) is 9.47 Å². The molecule has 0 unspecified atom stereocenters. The molecule has 1 aromatic rings. The maximum atomic E-state index is 10.9. The van der Waals surface area contributed by atoms with E-state index >= 15 is 0 Å². The van der Waals surface area contributed by atoms with Crippen molar-refractivity contribution in [3.05, 3.63) is 27.9 Å². The van der Waals surface area contributed by atoms with Crippen LogP contribution in [0.15, 0.2) is 12.3 Å². The lowest BCUT2D eigenvalue weighted by molar-refractivity contribution is -0.385. The smallest absolute Gasteiger partial charge is 0.290 e. The molecule has 0 N–H and O–H groups in total. The van der Waals surface area contributed by atoms with Gasteiger partial charge in [0.1, 0.15) is 12.0 Å². The molecule has 0 bridgehead atoms. The summed E-state index contributed by atoms with van der Waals surface area (Å²) in [5.74, 6) is 0.817. The molecule has 0 aliphatic carbocycles. The van der Waals surface area contributed by atoms with Crippen molar-refractivity contribution in [3.8, 4) is 0 Å². The molecule has 2 aliphatic heterocycles. The summed E-state index contributed by atoms with van der Waals surface area (Å²) in [4.78, 5) is 16.9. The molecule has 1 aromatic heterocycles. The van der Waals surface area contributed by atoms with Gasteiger partial charge in [-0.15, -0.1) is 0 Å². The lowest BCUT2D eigenvalue weighted by atomic mass is 10.1. The zero-order valence-corrected chi connectivity index (χ0v) is 13.4. The van der Waals surface area contributed by atoms with Crippen LogP contribution >= 0.6 is 0 Å². The molecule has 2 saturated heterocycles. The number of aryl methyl sites for hydroxylation is 1. The van der Waals surface area contributed by atoms with Gasteiger partial charge in [-0.2, -0.15) is 0 Å². The first-order valence-corrected chi connectivity index (χ1v) is 8.22. The minimum absolute atomic E-state index is 0.0755. The number of pyridine rings is 1. The third-order valence-electron chi connectivity index (χ3n) is 4.58. The van der Waals surface area contributed by atoms with E-state index in [0.29, 0.717) is 17.8 Å². The Balaban J connectivity index is 1.54. The average Bonchev–Trinajstić information content (AvgIpc) is 2.56. The zero-order valence-electron chi connectivity index (χ0n) is 13.4. The van der Waals surface area contributed by atoms with Gasteiger partial charge < -0.3 is 14.4 Å². The molecule has 2 fully saturated rings. The average molecular weight is 321 g/mol. The first-order chi connectivity index (χ1) is 11.1. The number of nitrogens with zero attached hydrogens (tertiary/aromatic N) is 3. The molecule has 7 nitrogen and oxygen atoms in total. The second-order valence-electron chi connectivity index (χ2n) is 6.22. The highest BCUT2D eigenvalue weighted by Gasteiger charge is 2.25. The maximum absolute atomic E-state index is 10.9. The normalized spacial score (nSPS) is 20.7.